The third-order valence-corrected chi connectivity index (χ3v) is 4.24. The summed E-state index contributed by atoms with van der Waals surface area (Å²) in [6, 6.07) is 8.98. The zero-order chi connectivity index (χ0) is 19.2. The number of nitrogens with one attached hydrogen (secondary N) is 1. The van der Waals surface area contributed by atoms with Crippen LogP contribution in [-0.4, -0.2) is 23.5 Å². The smallest absolute Gasteiger partial charge is 0.219 e. The van der Waals surface area contributed by atoms with Gasteiger partial charge in [0.15, 0.2) is 0 Å². The van der Waals surface area contributed by atoms with Crippen LogP contribution in [0.4, 0.5) is 0 Å². The van der Waals surface area contributed by atoms with E-state index in [0.717, 1.165) is 12.2 Å². The lowest BCUT2D eigenvalue weighted by Crippen LogP contribution is -2.28. The van der Waals surface area contributed by atoms with E-state index in [9.17, 15) is 4.79 Å². The number of nitrogens with zero attached hydrogens (tertiary/aromatic N) is 1. The van der Waals surface area contributed by atoms with Crippen LogP contribution >= 0.6 is 11.6 Å². The van der Waals surface area contributed by atoms with E-state index >= 15 is 0 Å². The minimum atomic E-state index is -0.0592. The van der Waals surface area contributed by atoms with Crippen LogP contribution in [0.3, 0.4) is 0 Å². The quantitative estimate of drug-likeness (QED) is 0.704. The van der Waals surface area contributed by atoms with Gasteiger partial charge < -0.3 is 14.8 Å². The SMILES string of the molecule is CC(=O)N[C@@H](C)C=Cc1ccc(Oc2cc(Cl)cc(OCC3CC3)c2)nc1. The van der Waals surface area contributed by atoms with Crippen molar-refractivity contribution in [2.75, 3.05) is 6.61 Å². The molecular formula is C21H23ClN2O3. The first-order valence-electron chi connectivity index (χ1n) is 9.00. The van der Waals surface area contributed by atoms with E-state index in [1.54, 1.807) is 24.4 Å². The van der Waals surface area contributed by atoms with Gasteiger partial charge in [-0.05, 0) is 49.4 Å². The molecule has 1 saturated carbocycles. The molecule has 0 spiro atoms. The molecule has 6 heteroatoms. The summed E-state index contributed by atoms with van der Waals surface area (Å²) in [5, 5.41) is 3.35. The van der Waals surface area contributed by atoms with Gasteiger partial charge >= 0.3 is 0 Å². The summed E-state index contributed by atoms with van der Waals surface area (Å²) in [6.45, 7) is 4.12. The van der Waals surface area contributed by atoms with Gasteiger partial charge in [0, 0.05) is 36.3 Å². The van der Waals surface area contributed by atoms with Gasteiger partial charge in [-0.25, -0.2) is 4.98 Å². The molecule has 1 aromatic carbocycles. The molecule has 142 valence electrons. The maximum absolute atomic E-state index is 11.0. The fourth-order valence-corrected chi connectivity index (χ4v) is 2.69. The van der Waals surface area contributed by atoms with Gasteiger partial charge in [-0.3, -0.25) is 4.79 Å². The summed E-state index contributed by atoms with van der Waals surface area (Å²) >= 11 is 6.16. The van der Waals surface area contributed by atoms with Crippen molar-refractivity contribution >= 4 is 23.6 Å². The van der Waals surface area contributed by atoms with Crippen molar-refractivity contribution < 1.29 is 14.3 Å². The monoisotopic (exact) mass is 386 g/mol. The van der Waals surface area contributed by atoms with Crippen molar-refractivity contribution in [2.45, 2.75) is 32.7 Å². The number of rotatable bonds is 8. The Morgan fingerprint density at radius 1 is 1.33 bits per heavy atom. The molecule has 0 unspecified atom stereocenters. The van der Waals surface area contributed by atoms with E-state index < -0.39 is 0 Å². The van der Waals surface area contributed by atoms with Gasteiger partial charge in [-0.1, -0.05) is 23.8 Å². The number of ether oxygens (including phenoxy) is 2. The minimum Gasteiger partial charge on any atom is -0.493 e. The molecule has 0 bridgehead atoms. The van der Waals surface area contributed by atoms with Crippen LogP contribution < -0.4 is 14.8 Å². The molecule has 1 aliphatic rings. The van der Waals surface area contributed by atoms with Crippen molar-refractivity contribution in [2.24, 2.45) is 5.92 Å². The van der Waals surface area contributed by atoms with Gasteiger partial charge in [0.2, 0.25) is 11.8 Å². The summed E-state index contributed by atoms with van der Waals surface area (Å²) in [6.07, 6.45) is 7.98. The van der Waals surface area contributed by atoms with Crippen LogP contribution in [0.5, 0.6) is 17.4 Å². The molecule has 5 nitrogen and oxygen atoms in total. The Bertz CT molecular complexity index is 817. The van der Waals surface area contributed by atoms with Crippen LogP contribution in [-0.2, 0) is 4.79 Å². The zero-order valence-electron chi connectivity index (χ0n) is 15.4. The molecule has 0 aliphatic heterocycles. The maximum atomic E-state index is 11.0. The van der Waals surface area contributed by atoms with Crippen molar-refractivity contribution in [3.8, 4) is 17.4 Å². The Morgan fingerprint density at radius 3 is 2.78 bits per heavy atom. The second-order valence-electron chi connectivity index (χ2n) is 6.76. The van der Waals surface area contributed by atoms with Gasteiger partial charge in [-0.15, -0.1) is 0 Å². The maximum Gasteiger partial charge on any atom is 0.219 e. The standard InChI is InChI=1S/C21H23ClN2O3/c1-14(24-15(2)25)3-4-16-7-8-21(23-12-16)27-20-10-18(22)9-19(11-20)26-13-17-5-6-17/h3-4,7-12,14,17H,5-6,13H2,1-2H3,(H,24,25)/t14-/m0/s1. The topological polar surface area (TPSA) is 60.5 Å². The van der Waals surface area contributed by atoms with Crippen molar-refractivity contribution in [1.82, 2.24) is 10.3 Å². The number of hydrogen-bond acceptors (Lipinski definition) is 4. The number of pyridine rings is 1. The molecule has 3 rings (SSSR count). The molecule has 1 aromatic heterocycles. The van der Waals surface area contributed by atoms with Crippen LogP contribution in [0.15, 0.2) is 42.6 Å². The van der Waals surface area contributed by atoms with Crippen LogP contribution in [0.2, 0.25) is 5.02 Å². The Balaban J connectivity index is 1.60. The Morgan fingerprint density at radius 2 is 2.11 bits per heavy atom. The van der Waals surface area contributed by atoms with Crippen molar-refractivity contribution in [3.05, 3.63) is 53.2 Å². The van der Waals surface area contributed by atoms with Crippen LogP contribution in [0.25, 0.3) is 6.08 Å². The first-order valence-corrected chi connectivity index (χ1v) is 9.38. The number of halogens is 1. The fourth-order valence-electron chi connectivity index (χ4n) is 2.47. The Kier molecular flexibility index (Phi) is 6.35. The summed E-state index contributed by atoms with van der Waals surface area (Å²) in [4.78, 5) is 15.3. The number of benzene rings is 1. The first-order chi connectivity index (χ1) is 13.0. The summed E-state index contributed by atoms with van der Waals surface area (Å²) in [5.41, 5.74) is 0.916. The highest BCUT2D eigenvalue weighted by molar-refractivity contribution is 6.30. The molecular weight excluding hydrogens is 364 g/mol. The van der Waals surface area contributed by atoms with E-state index in [0.29, 0.717) is 28.3 Å². The Hall–Kier alpha value is -2.53. The average molecular weight is 387 g/mol. The van der Waals surface area contributed by atoms with E-state index in [1.165, 1.54) is 19.8 Å². The largest absolute Gasteiger partial charge is 0.493 e. The Labute approximate surface area is 164 Å². The minimum absolute atomic E-state index is 0.0426. The summed E-state index contributed by atoms with van der Waals surface area (Å²) in [5.74, 6) is 2.37. The second kappa shape index (κ2) is 8.91. The molecule has 0 radical (unpaired) electrons. The second-order valence-corrected chi connectivity index (χ2v) is 7.19. The van der Waals surface area contributed by atoms with E-state index in [1.807, 2.05) is 31.2 Å². The molecule has 2 aromatic rings. The van der Waals surface area contributed by atoms with Crippen LogP contribution in [0, 0.1) is 5.92 Å². The predicted octanol–water partition coefficient (Wildman–Crippen LogP) is 4.85. The number of hydrogen-bond donors (Lipinski definition) is 1. The lowest BCUT2D eigenvalue weighted by Gasteiger charge is -2.10. The summed E-state index contributed by atoms with van der Waals surface area (Å²) < 4.78 is 11.6. The van der Waals surface area contributed by atoms with Crippen molar-refractivity contribution in [3.63, 3.8) is 0 Å². The molecule has 1 amide bonds. The molecule has 0 saturated heterocycles. The van der Waals surface area contributed by atoms with Crippen LogP contribution in [0.1, 0.15) is 32.3 Å². The van der Waals surface area contributed by atoms with Gasteiger partial charge in [0.05, 0.1) is 6.61 Å². The lowest BCUT2D eigenvalue weighted by molar-refractivity contribution is -0.119. The zero-order valence-corrected chi connectivity index (χ0v) is 16.2. The highest BCUT2D eigenvalue weighted by Crippen LogP contribution is 2.32. The van der Waals surface area contributed by atoms with Gasteiger partial charge in [-0.2, -0.15) is 0 Å². The van der Waals surface area contributed by atoms with Gasteiger partial charge in [0.1, 0.15) is 11.5 Å². The van der Waals surface area contributed by atoms with Gasteiger partial charge in [0.25, 0.3) is 0 Å². The van der Waals surface area contributed by atoms with E-state index in [4.69, 9.17) is 21.1 Å². The number of aromatic nitrogens is 1. The number of amides is 1. The number of carbonyl (C=O) groups is 1. The van der Waals surface area contributed by atoms with E-state index in [2.05, 4.69) is 10.3 Å². The molecule has 27 heavy (non-hydrogen) atoms. The molecule has 1 N–H and O–H groups in total. The molecule has 1 heterocycles. The first kappa shape index (κ1) is 19.2. The third-order valence-electron chi connectivity index (χ3n) is 4.02. The fraction of sp³-hybridized carbons (Fsp3) is 0.333. The molecule has 1 aliphatic carbocycles. The lowest BCUT2D eigenvalue weighted by atomic mass is 10.2. The summed E-state index contributed by atoms with van der Waals surface area (Å²) in [7, 11) is 0. The third kappa shape index (κ3) is 6.61. The normalized spacial score (nSPS) is 14.8. The average Bonchev–Trinajstić information content (AvgIpc) is 3.43. The van der Waals surface area contributed by atoms with E-state index in [-0.39, 0.29) is 11.9 Å². The molecule has 1 atom stereocenters. The number of carbonyl (C=O) groups excluding carboxylic acids is 1. The molecule has 1 fully saturated rings. The highest BCUT2D eigenvalue weighted by atomic mass is 35.5. The highest BCUT2D eigenvalue weighted by Gasteiger charge is 2.22. The predicted molar refractivity (Wildman–Crippen MR) is 106 cm³/mol. The van der Waals surface area contributed by atoms with Crippen molar-refractivity contribution in [1.29, 1.82) is 0 Å².